The Hall–Kier alpha value is -2.19. The van der Waals surface area contributed by atoms with Crippen LogP contribution in [-0.4, -0.2) is 92.3 Å². The van der Waals surface area contributed by atoms with Gasteiger partial charge in [0.2, 0.25) is 0 Å². The Morgan fingerprint density at radius 3 is 1.50 bits per heavy atom. The molecule has 2 aliphatic heterocycles. The van der Waals surface area contributed by atoms with Gasteiger partial charge in [0.25, 0.3) is 11.1 Å². The third kappa shape index (κ3) is 5.38. The van der Waals surface area contributed by atoms with Gasteiger partial charge in [-0.3, -0.25) is 28.7 Å². The monoisotopic (exact) mass is 598 g/mol. The Morgan fingerprint density at radius 1 is 0.765 bits per heavy atom. The van der Waals surface area contributed by atoms with Gasteiger partial charge in [-0.25, -0.2) is 9.59 Å². The lowest BCUT2D eigenvalue weighted by molar-refractivity contribution is -0.0550. The molecule has 0 bridgehead atoms. The number of rotatable bonds is 4. The van der Waals surface area contributed by atoms with Crippen LogP contribution in [0.25, 0.3) is 0 Å². The molecule has 4 rings (SSSR count). The van der Waals surface area contributed by atoms with Crippen LogP contribution in [-0.2, 0) is 9.47 Å². The Bertz CT molecular complexity index is 1120. The first-order valence-corrected chi connectivity index (χ1v) is 11.4. The smallest absolute Gasteiger partial charge is 0.330 e. The second kappa shape index (κ2) is 11.0. The van der Waals surface area contributed by atoms with Gasteiger partial charge in [0.1, 0.15) is 30.5 Å². The van der Waals surface area contributed by atoms with E-state index in [-0.39, 0.29) is 0 Å². The van der Waals surface area contributed by atoms with Gasteiger partial charge in [0, 0.05) is 29.0 Å². The van der Waals surface area contributed by atoms with Crippen LogP contribution in [0.5, 0.6) is 0 Å². The lowest BCUT2D eigenvalue weighted by Crippen LogP contribution is -2.37. The third-order valence-electron chi connectivity index (χ3n) is 5.26. The highest BCUT2D eigenvalue weighted by atomic mass is 127. The van der Waals surface area contributed by atoms with Crippen LogP contribution in [0.4, 0.5) is 0 Å². The highest BCUT2D eigenvalue weighted by molar-refractivity contribution is 14.1. The summed E-state index contributed by atoms with van der Waals surface area (Å²) in [4.78, 5) is 48.8. The molecule has 2 aliphatic rings. The molecular weight excluding hydrogens is 575 g/mol. The highest BCUT2D eigenvalue weighted by Crippen LogP contribution is 2.29. The number of hydrogen-bond acceptors (Lipinski definition) is 11. The van der Waals surface area contributed by atoms with E-state index in [1.807, 2.05) is 27.6 Å². The Labute approximate surface area is 203 Å². The molecule has 0 aromatic carbocycles. The fraction of sp³-hybridized carbons (Fsp3) is 0.556. The second-order valence-electron chi connectivity index (χ2n) is 7.46. The van der Waals surface area contributed by atoms with Gasteiger partial charge in [-0.15, -0.1) is 0 Å². The minimum absolute atomic E-state index is 0.479. The summed E-state index contributed by atoms with van der Waals surface area (Å²) in [5, 5.41) is 47.5. The molecule has 8 atom stereocenters. The van der Waals surface area contributed by atoms with E-state index in [1.54, 1.807) is 0 Å². The average Bonchev–Trinajstić information content (AvgIpc) is 3.24. The van der Waals surface area contributed by atoms with E-state index in [2.05, 4.69) is 4.98 Å². The molecule has 0 saturated carbocycles. The number of aliphatic hydroxyl groups excluding tert-OH is 5. The molecule has 7 N–H and O–H groups in total. The molecule has 2 saturated heterocycles. The summed E-state index contributed by atoms with van der Waals surface area (Å²) in [6.07, 6.45) is -6.10. The third-order valence-corrected chi connectivity index (χ3v) is 6.13. The average molecular weight is 598 g/mol. The number of aliphatic hydroxyl groups is 5. The van der Waals surface area contributed by atoms with Gasteiger partial charge < -0.3 is 35.0 Å². The molecule has 0 spiro atoms. The number of ether oxygens (including phenoxy) is 2. The highest BCUT2D eigenvalue weighted by Gasteiger charge is 2.44. The summed E-state index contributed by atoms with van der Waals surface area (Å²) in [6.45, 7) is -0.479. The lowest BCUT2D eigenvalue weighted by Gasteiger charge is -2.16. The predicted molar refractivity (Wildman–Crippen MR) is 120 cm³/mol. The number of aromatic amines is 2. The summed E-state index contributed by atoms with van der Waals surface area (Å²) >= 11 is 2.02. The predicted octanol–water partition coefficient (Wildman–Crippen LogP) is -4.26. The molecule has 2 aromatic rings. The van der Waals surface area contributed by atoms with Crippen molar-refractivity contribution in [1.29, 1.82) is 0 Å². The van der Waals surface area contributed by atoms with E-state index in [1.165, 1.54) is 6.20 Å². The van der Waals surface area contributed by atoms with Crippen molar-refractivity contribution in [2.24, 2.45) is 0 Å². The van der Waals surface area contributed by atoms with E-state index in [0.717, 1.165) is 27.5 Å². The molecule has 34 heavy (non-hydrogen) atoms. The van der Waals surface area contributed by atoms with Gasteiger partial charge >= 0.3 is 11.4 Å². The Balaban J connectivity index is 0.000000191. The van der Waals surface area contributed by atoms with Crippen molar-refractivity contribution >= 4 is 22.6 Å². The second-order valence-corrected chi connectivity index (χ2v) is 8.35. The van der Waals surface area contributed by atoms with Crippen molar-refractivity contribution < 1.29 is 35.0 Å². The minimum Gasteiger partial charge on any atom is -0.394 e. The number of hydrogen-bond donors (Lipinski definition) is 7. The van der Waals surface area contributed by atoms with Crippen LogP contribution >= 0.6 is 22.6 Å². The number of aromatic nitrogens is 4. The van der Waals surface area contributed by atoms with Crippen molar-refractivity contribution in [2.45, 2.75) is 49.1 Å². The molecule has 2 aromatic heterocycles. The summed E-state index contributed by atoms with van der Waals surface area (Å²) in [7, 11) is 0. The molecule has 0 radical (unpaired) electrons. The zero-order chi connectivity index (χ0) is 25.2. The van der Waals surface area contributed by atoms with Gasteiger partial charge in [-0.2, -0.15) is 0 Å². The fourth-order valence-corrected chi connectivity index (χ4v) is 4.18. The van der Waals surface area contributed by atoms with Crippen molar-refractivity contribution in [1.82, 2.24) is 19.1 Å². The summed E-state index contributed by atoms with van der Waals surface area (Å²) in [5.74, 6) is 0. The lowest BCUT2D eigenvalue weighted by atomic mass is 10.1. The van der Waals surface area contributed by atoms with Crippen molar-refractivity contribution in [3.8, 4) is 0 Å². The largest absolute Gasteiger partial charge is 0.394 e. The number of nitrogens with one attached hydrogen (secondary N) is 2. The van der Waals surface area contributed by atoms with Gasteiger partial charge in [0.15, 0.2) is 12.5 Å². The zero-order valence-corrected chi connectivity index (χ0v) is 19.5. The van der Waals surface area contributed by atoms with Crippen LogP contribution in [0.1, 0.15) is 12.5 Å². The zero-order valence-electron chi connectivity index (χ0n) is 17.3. The molecule has 4 heterocycles. The Kier molecular flexibility index (Phi) is 8.57. The van der Waals surface area contributed by atoms with Crippen molar-refractivity contribution in [3.05, 3.63) is 66.2 Å². The van der Waals surface area contributed by atoms with Crippen molar-refractivity contribution in [2.75, 3.05) is 11.0 Å². The van der Waals surface area contributed by atoms with Crippen LogP contribution in [0, 0.1) is 0 Å². The molecule has 16 heteroatoms. The molecule has 188 valence electrons. The Morgan fingerprint density at radius 2 is 1.18 bits per heavy atom. The summed E-state index contributed by atoms with van der Waals surface area (Å²) in [6, 6.07) is 2.25. The van der Waals surface area contributed by atoms with Crippen LogP contribution in [0.3, 0.4) is 0 Å². The van der Waals surface area contributed by atoms with E-state index < -0.39 is 78.2 Å². The summed E-state index contributed by atoms with van der Waals surface area (Å²) < 4.78 is 13.0. The maximum absolute atomic E-state index is 11.5. The van der Waals surface area contributed by atoms with Crippen LogP contribution in [0.15, 0.2) is 43.7 Å². The van der Waals surface area contributed by atoms with E-state index in [4.69, 9.17) is 14.6 Å². The van der Waals surface area contributed by atoms with E-state index >= 15 is 0 Å². The fourth-order valence-electron chi connectivity index (χ4n) is 3.45. The number of H-pyrrole nitrogens is 2. The summed E-state index contributed by atoms with van der Waals surface area (Å²) in [5.41, 5.74) is -2.53. The molecular formula is C18H23IN4O11. The number of nitrogens with zero attached hydrogens (tertiary/aromatic N) is 2. The van der Waals surface area contributed by atoms with Gasteiger partial charge in [-0.05, 0) is 0 Å². The molecule has 0 unspecified atom stereocenters. The minimum atomic E-state index is -1.35. The van der Waals surface area contributed by atoms with Gasteiger partial charge in [0.05, 0.1) is 12.7 Å². The molecule has 0 aliphatic carbocycles. The molecule has 15 nitrogen and oxygen atoms in total. The van der Waals surface area contributed by atoms with Crippen molar-refractivity contribution in [3.63, 3.8) is 0 Å². The first-order valence-electron chi connectivity index (χ1n) is 9.92. The van der Waals surface area contributed by atoms with Crippen LogP contribution in [0.2, 0.25) is 0 Å². The quantitative estimate of drug-likeness (QED) is 0.132. The topological polar surface area (TPSA) is 229 Å². The first-order chi connectivity index (χ1) is 16.1. The maximum Gasteiger partial charge on any atom is 0.330 e. The maximum atomic E-state index is 11.5. The van der Waals surface area contributed by atoms with E-state index in [9.17, 15) is 39.6 Å². The first kappa shape index (κ1) is 26.4. The molecule has 2 fully saturated rings. The number of halogens is 1. The standard InChI is InChI=1S/C9H11IN2O5.C9H12N2O6/c10-3-4-6(14)7(15)8(17-4)12-2-1-5(13)11-9(12)16;12-3-4-6(14)7(15)8(17-4)11-2-1-5(13)10-9(11)16/h1-2,4,6-8,14-15H,3H2,(H,11,13,16);1-2,4,6-8,12,14-15H,3H2,(H,10,13,16)/t2*4-,6-,7-,8-/m11/s1. The van der Waals surface area contributed by atoms with Crippen LogP contribution < -0.4 is 22.5 Å². The normalized spacial score (nSPS) is 32.9. The van der Waals surface area contributed by atoms with Gasteiger partial charge in [-0.1, -0.05) is 22.6 Å². The SMILES string of the molecule is O=c1ccn([C@@H]2O[C@H](CI)[C@@H](O)[C@H]2O)c(=O)[nH]1.O=c1ccn([C@@H]2O[C@H](CO)[C@@H](O)[C@H]2O)c(=O)[nH]1. The molecule has 0 amide bonds. The van der Waals surface area contributed by atoms with E-state index in [0.29, 0.717) is 4.43 Å². The number of alkyl halides is 1.